The smallest absolute Gasteiger partial charge is 0.339 e. The van der Waals surface area contributed by atoms with Crippen LogP contribution in [-0.4, -0.2) is 35.9 Å². The van der Waals surface area contributed by atoms with Crippen LogP contribution in [0.4, 0.5) is 0 Å². The fraction of sp³-hybridized carbons (Fsp3) is 0.400. The lowest BCUT2D eigenvalue weighted by Gasteiger charge is -2.12. The molecule has 0 aliphatic carbocycles. The molecule has 88 valence electrons. The highest BCUT2D eigenvalue weighted by Gasteiger charge is 2.13. The van der Waals surface area contributed by atoms with Gasteiger partial charge in [-0.2, -0.15) is 0 Å². The highest BCUT2D eigenvalue weighted by atomic mass is 79.9. The van der Waals surface area contributed by atoms with Crippen LogP contribution in [0.25, 0.3) is 0 Å². The van der Waals surface area contributed by atoms with Crippen molar-refractivity contribution >= 4 is 21.9 Å². The van der Waals surface area contributed by atoms with E-state index in [-0.39, 0.29) is 24.0 Å². The summed E-state index contributed by atoms with van der Waals surface area (Å²) in [6, 6.07) is 1.40. The maximum atomic E-state index is 10.9. The zero-order chi connectivity index (χ0) is 12.1. The molecule has 0 fully saturated rings. The Balaban J connectivity index is 2.82. The second-order valence-corrected chi connectivity index (χ2v) is 3.98. The summed E-state index contributed by atoms with van der Waals surface area (Å²) in [7, 11) is 1.56. The number of hydrogen-bond acceptors (Lipinski definition) is 4. The second-order valence-electron chi connectivity index (χ2n) is 3.17. The number of aromatic carboxylic acids is 1. The van der Waals surface area contributed by atoms with E-state index < -0.39 is 5.97 Å². The Morgan fingerprint density at radius 2 is 2.38 bits per heavy atom. The number of ether oxygens (including phenoxy) is 2. The molecule has 1 aromatic rings. The van der Waals surface area contributed by atoms with Gasteiger partial charge in [0.25, 0.3) is 0 Å². The molecule has 1 aromatic heterocycles. The summed E-state index contributed by atoms with van der Waals surface area (Å²) in [4.78, 5) is 14.8. The van der Waals surface area contributed by atoms with Crippen molar-refractivity contribution in [1.82, 2.24) is 4.98 Å². The monoisotopic (exact) mass is 289 g/mol. The van der Waals surface area contributed by atoms with Gasteiger partial charge in [0.2, 0.25) is 0 Å². The Hall–Kier alpha value is -1.14. The van der Waals surface area contributed by atoms with Crippen LogP contribution >= 0.6 is 15.9 Å². The average Bonchev–Trinajstić information content (AvgIpc) is 2.26. The van der Waals surface area contributed by atoms with E-state index >= 15 is 0 Å². The Labute approximate surface area is 102 Å². The number of methoxy groups -OCH3 is 1. The van der Waals surface area contributed by atoms with Crippen molar-refractivity contribution in [2.45, 2.75) is 13.0 Å². The van der Waals surface area contributed by atoms with Crippen LogP contribution in [0, 0.1) is 0 Å². The summed E-state index contributed by atoms with van der Waals surface area (Å²) < 4.78 is 10.8. The van der Waals surface area contributed by atoms with E-state index in [1.165, 1.54) is 12.3 Å². The molecule has 0 aliphatic heterocycles. The number of pyridine rings is 1. The van der Waals surface area contributed by atoms with Crippen molar-refractivity contribution in [2.75, 3.05) is 13.7 Å². The van der Waals surface area contributed by atoms with Gasteiger partial charge in [-0.05, 0) is 28.9 Å². The third-order valence-electron chi connectivity index (χ3n) is 1.94. The van der Waals surface area contributed by atoms with Gasteiger partial charge in [0.05, 0.1) is 12.3 Å². The molecule has 1 unspecified atom stereocenters. The summed E-state index contributed by atoms with van der Waals surface area (Å²) in [5.74, 6) is -0.817. The van der Waals surface area contributed by atoms with E-state index in [2.05, 4.69) is 20.9 Å². The molecule has 5 nitrogen and oxygen atoms in total. The van der Waals surface area contributed by atoms with Crippen molar-refractivity contribution < 1.29 is 19.4 Å². The topological polar surface area (TPSA) is 68.7 Å². The first-order valence-corrected chi connectivity index (χ1v) is 5.38. The average molecular weight is 290 g/mol. The fourth-order valence-electron chi connectivity index (χ4n) is 0.975. The van der Waals surface area contributed by atoms with Gasteiger partial charge in [0.15, 0.2) is 5.75 Å². The largest absolute Gasteiger partial charge is 0.488 e. The molecule has 0 aliphatic rings. The van der Waals surface area contributed by atoms with Gasteiger partial charge in [0, 0.05) is 7.11 Å². The summed E-state index contributed by atoms with van der Waals surface area (Å²) in [6.45, 7) is 2.10. The lowest BCUT2D eigenvalue weighted by Crippen LogP contribution is -2.17. The summed E-state index contributed by atoms with van der Waals surface area (Å²) in [5, 5.41) is 8.95. The Bertz CT molecular complexity index is 383. The quantitative estimate of drug-likeness (QED) is 0.839. The van der Waals surface area contributed by atoms with Crippen molar-refractivity contribution in [3.63, 3.8) is 0 Å². The van der Waals surface area contributed by atoms with Crippen LogP contribution in [0.15, 0.2) is 16.9 Å². The number of carboxylic acids is 1. The number of nitrogens with zero attached hydrogens (tertiary/aromatic N) is 1. The highest BCUT2D eigenvalue weighted by molar-refractivity contribution is 9.10. The third-order valence-corrected chi connectivity index (χ3v) is 2.37. The minimum absolute atomic E-state index is 0.0742. The number of hydrogen-bond donors (Lipinski definition) is 1. The van der Waals surface area contributed by atoms with Crippen molar-refractivity contribution in [2.24, 2.45) is 0 Å². The first kappa shape index (κ1) is 12.9. The van der Waals surface area contributed by atoms with Crippen molar-refractivity contribution in [3.05, 3.63) is 22.4 Å². The molecule has 0 spiro atoms. The molecule has 0 saturated carbocycles. The van der Waals surface area contributed by atoms with E-state index in [1.54, 1.807) is 7.11 Å². The molecular formula is C10H12BrNO4. The minimum atomic E-state index is -1.05. The van der Waals surface area contributed by atoms with E-state index in [0.29, 0.717) is 4.60 Å². The molecular weight excluding hydrogens is 278 g/mol. The standard InChI is InChI=1S/C10H12BrNO4/c1-6(15-2)5-16-8-4-12-9(11)3-7(8)10(13)14/h3-4,6H,5H2,1-2H3,(H,13,14). The molecule has 6 heteroatoms. The Morgan fingerprint density at radius 3 is 2.94 bits per heavy atom. The van der Waals surface area contributed by atoms with E-state index in [4.69, 9.17) is 14.6 Å². The summed E-state index contributed by atoms with van der Waals surface area (Å²) >= 11 is 3.10. The predicted octanol–water partition coefficient (Wildman–Crippen LogP) is 1.96. The number of halogens is 1. The molecule has 1 N–H and O–H groups in total. The molecule has 0 saturated heterocycles. The van der Waals surface area contributed by atoms with E-state index in [1.807, 2.05) is 6.92 Å². The molecule has 0 aromatic carbocycles. The number of aromatic nitrogens is 1. The first-order valence-electron chi connectivity index (χ1n) is 4.59. The normalized spacial score (nSPS) is 12.2. The zero-order valence-electron chi connectivity index (χ0n) is 8.94. The maximum Gasteiger partial charge on any atom is 0.339 e. The van der Waals surface area contributed by atoms with Gasteiger partial charge >= 0.3 is 5.97 Å². The third kappa shape index (κ3) is 3.46. The molecule has 16 heavy (non-hydrogen) atoms. The zero-order valence-corrected chi connectivity index (χ0v) is 10.5. The first-order chi connectivity index (χ1) is 7.54. The van der Waals surface area contributed by atoms with Crippen LogP contribution in [0.2, 0.25) is 0 Å². The lowest BCUT2D eigenvalue weighted by molar-refractivity contribution is 0.0645. The van der Waals surface area contributed by atoms with Crippen molar-refractivity contribution in [3.8, 4) is 5.75 Å². The van der Waals surface area contributed by atoms with Crippen LogP contribution in [0.1, 0.15) is 17.3 Å². The van der Waals surface area contributed by atoms with Gasteiger partial charge in [-0.25, -0.2) is 9.78 Å². The molecule has 0 bridgehead atoms. The lowest BCUT2D eigenvalue weighted by atomic mass is 10.2. The van der Waals surface area contributed by atoms with Crippen LogP contribution in [-0.2, 0) is 4.74 Å². The highest BCUT2D eigenvalue weighted by Crippen LogP contribution is 2.21. The fourth-order valence-corrected chi connectivity index (χ4v) is 1.31. The predicted molar refractivity (Wildman–Crippen MR) is 60.9 cm³/mol. The van der Waals surface area contributed by atoms with Gasteiger partial charge in [-0.1, -0.05) is 0 Å². The van der Waals surface area contributed by atoms with Gasteiger partial charge in [-0.3, -0.25) is 0 Å². The number of carboxylic acid groups (broad SMARTS) is 1. The SMILES string of the molecule is COC(C)COc1cnc(Br)cc1C(=O)O. The molecule has 1 heterocycles. The van der Waals surface area contributed by atoms with Gasteiger partial charge < -0.3 is 14.6 Å². The maximum absolute atomic E-state index is 10.9. The molecule has 1 rings (SSSR count). The second kappa shape index (κ2) is 5.81. The number of rotatable bonds is 5. The van der Waals surface area contributed by atoms with Gasteiger partial charge in [-0.15, -0.1) is 0 Å². The van der Waals surface area contributed by atoms with Crippen LogP contribution in [0.5, 0.6) is 5.75 Å². The number of carbonyl (C=O) groups is 1. The summed E-state index contributed by atoms with van der Waals surface area (Å²) in [6.07, 6.45) is 1.26. The van der Waals surface area contributed by atoms with E-state index in [9.17, 15) is 4.79 Å². The Morgan fingerprint density at radius 1 is 1.69 bits per heavy atom. The summed E-state index contributed by atoms with van der Waals surface area (Å²) in [5.41, 5.74) is 0.0742. The van der Waals surface area contributed by atoms with Crippen molar-refractivity contribution in [1.29, 1.82) is 0 Å². The van der Waals surface area contributed by atoms with Crippen LogP contribution in [0.3, 0.4) is 0 Å². The minimum Gasteiger partial charge on any atom is -0.488 e. The van der Waals surface area contributed by atoms with E-state index in [0.717, 1.165) is 0 Å². The molecule has 1 atom stereocenters. The van der Waals surface area contributed by atoms with Crippen LogP contribution < -0.4 is 4.74 Å². The molecule has 0 radical (unpaired) electrons. The Kier molecular flexibility index (Phi) is 4.70. The van der Waals surface area contributed by atoms with Gasteiger partial charge in [0.1, 0.15) is 16.8 Å². The molecule has 0 amide bonds.